The fourth-order valence-corrected chi connectivity index (χ4v) is 6.13. The number of hydrogen-bond donors (Lipinski definition) is 1. The zero-order chi connectivity index (χ0) is 18.0. The highest BCUT2D eigenvalue weighted by molar-refractivity contribution is 7.91. The number of thiophene rings is 1. The van der Waals surface area contributed by atoms with E-state index in [1.54, 1.807) is 11.0 Å². The van der Waals surface area contributed by atoms with Gasteiger partial charge in [0.15, 0.2) is 0 Å². The van der Waals surface area contributed by atoms with E-state index < -0.39 is 10.0 Å². The number of nitrogens with one attached hydrogen (secondary N) is 1. The van der Waals surface area contributed by atoms with Gasteiger partial charge in [-0.2, -0.15) is 4.31 Å². The van der Waals surface area contributed by atoms with Crippen molar-refractivity contribution in [1.82, 2.24) is 14.5 Å². The van der Waals surface area contributed by atoms with Crippen LogP contribution in [0.4, 0.5) is 4.79 Å². The van der Waals surface area contributed by atoms with E-state index in [1.807, 2.05) is 6.92 Å². The average Bonchev–Trinajstić information content (AvgIpc) is 3.26. The molecule has 2 unspecified atom stereocenters. The van der Waals surface area contributed by atoms with Crippen molar-refractivity contribution in [3.05, 3.63) is 16.5 Å². The third-order valence-corrected chi connectivity index (χ3v) is 8.14. The Hall–Kier alpha value is -0.870. The molecule has 1 aromatic heterocycles. The summed E-state index contributed by atoms with van der Waals surface area (Å²) in [5, 5.41) is 2.96. The number of urea groups is 1. The minimum Gasteiger partial charge on any atom is -0.376 e. The van der Waals surface area contributed by atoms with E-state index in [-0.39, 0.29) is 35.5 Å². The molecule has 3 heterocycles. The molecule has 140 valence electrons. The zero-order valence-corrected chi connectivity index (χ0v) is 16.4. The standard InChI is InChI=1S/C15H22ClN3O4S2/c1-11(12-3-2-10-23-12)17-15(20)18-6-8-19(9-7-18)25(21,22)14-5-4-13(16)24-14/h4-5,11-12H,2-3,6-10H2,1H3,(H,17,20). The lowest BCUT2D eigenvalue weighted by molar-refractivity contribution is 0.0821. The summed E-state index contributed by atoms with van der Waals surface area (Å²) in [6.45, 7) is 3.97. The summed E-state index contributed by atoms with van der Waals surface area (Å²) < 4.78 is 32.8. The molecule has 2 atom stereocenters. The molecule has 10 heteroatoms. The van der Waals surface area contributed by atoms with Crippen LogP contribution in [0.1, 0.15) is 19.8 Å². The second kappa shape index (κ2) is 7.79. The van der Waals surface area contributed by atoms with Crippen LogP contribution in [0.2, 0.25) is 4.34 Å². The second-order valence-corrected chi connectivity index (χ2v) is 10.1. The van der Waals surface area contributed by atoms with E-state index in [9.17, 15) is 13.2 Å². The predicted octanol–water partition coefficient (Wildman–Crippen LogP) is 1.98. The largest absolute Gasteiger partial charge is 0.376 e. The lowest BCUT2D eigenvalue weighted by Gasteiger charge is -2.34. The third-order valence-electron chi connectivity index (χ3n) is 4.54. The molecular formula is C15H22ClN3O4S2. The number of piperazine rings is 1. The van der Waals surface area contributed by atoms with Crippen molar-refractivity contribution in [2.24, 2.45) is 0 Å². The van der Waals surface area contributed by atoms with Crippen molar-refractivity contribution in [2.75, 3.05) is 32.8 Å². The summed E-state index contributed by atoms with van der Waals surface area (Å²) in [5.74, 6) is 0. The number of carbonyl (C=O) groups is 1. The number of hydrogen-bond acceptors (Lipinski definition) is 5. The topological polar surface area (TPSA) is 79.0 Å². The molecule has 3 rings (SSSR count). The van der Waals surface area contributed by atoms with Gasteiger partial charge < -0.3 is 15.0 Å². The Balaban J connectivity index is 1.53. The minimum atomic E-state index is -3.54. The highest BCUT2D eigenvalue weighted by Crippen LogP contribution is 2.28. The summed E-state index contributed by atoms with van der Waals surface area (Å²) >= 11 is 6.88. The summed E-state index contributed by atoms with van der Waals surface area (Å²) in [7, 11) is -3.54. The maximum absolute atomic E-state index is 12.6. The van der Waals surface area contributed by atoms with Gasteiger partial charge >= 0.3 is 6.03 Å². The van der Waals surface area contributed by atoms with Gasteiger partial charge in [0.2, 0.25) is 0 Å². The maximum Gasteiger partial charge on any atom is 0.317 e. The van der Waals surface area contributed by atoms with E-state index in [2.05, 4.69) is 5.32 Å². The van der Waals surface area contributed by atoms with Gasteiger partial charge in [0.1, 0.15) is 4.21 Å². The Labute approximate surface area is 156 Å². The Morgan fingerprint density at radius 1 is 1.36 bits per heavy atom. The molecule has 7 nitrogen and oxygen atoms in total. The number of nitrogens with zero attached hydrogens (tertiary/aromatic N) is 2. The van der Waals surface area contributed by atoms with Crippen LogP contribution < -0.4 is 5.32 Å². The molecule has 1 N–H and O–H groups in total. The number of halogens is 1. The van der Waals surface area contributed by atoms with E-state index in [0.29, 0.717) is 17.4 Å². The third kappa shape index (κ3) is 4.28. The van der Waals surface area contributed by atoms with Crippen LogP contribution in [0.25, 0.3) is 0 Å². The van der Waals surface area contributed by atoms with Gasteiger partial charge in [-0.3, -0.25) is 0 Å². The molecule has 0 spiro atoms. The molecule has 2 fully saturated rings. The molecule has 0 saturated carbocycles. The normalized spacial score (nSPS) is 23.6. The predicted molar refractivity (Wildman–Crippen MR) is 96.6 cm³/mol. The van der Waals surface area contributed by atoms with Crippen LogP contribution in [0.3, 0.4) is 0 Å². The van der Waals surface area contributed by atoms with Gasteiger partial charge in [-0.25, -0.2) is 13.2 Å². The first-order valence-electron chi connectivity index (χ1n) is 8.30. The molecule has 25 heavy (non-hydrogen) atoms. The fraction of sp³-hybridized carbons (Fsp3) is 0.667. The van der Waals surface area contributed by atoms with Crippen LogP contribution in [0.15, 0.2) is 16.3 Å². The molecule has 0 bridgehead atoms. The van der Waals surface area contributed by atoms with Crippen molar-refractivity contribution < 1.29 is 17.9 Å². The monoisotopic (exact) mass is 407 g/mol. The summed E-state index contributed by atoms with van der Waals surface area (Å²) in [5.41, 5.74) is 0. The van der Waals surface area contributed by atoms with Crippen molar-refractivity contribution >= 4 is 39.0 Å². The van der Waals surface area contributed by atoms with E-state index in [4.69, 9.17) is 16.3 Å². The average molecular weight is 408 g/mol. The van der Waals surface area contributed by atoms with Crippen LogP contribution in [0.5, 0.6) is 0 Å². The van der Waals surface area contributed by atoms with E-state index >= 15 is 0 Å². The van der Waals surface area contributed by atoms with Crippen molar-refractivity contribution in [2.45, 2.75) is 36.1 Å². The first-order valence-corrected chi connectivity index (χ1v) is 10.9. The lowest BCUT2D eigenvalue weighted by Crippen LogP contribution is -2.55. The number of ether oxygens (including phenoxy) is 1. The van der Waals surface area contributed by atoms with Gasteiger partial charge in [-0.05, 0) is 31.9 Å². The molecule has 2 aliphatic rings. The van der Waals surface area contributed by atoms with Crippen molar-refractivity contribution in [3.8, 4) is 0 Å². The molecule has 0 radical (unpaired) electrons. The fourth-order valence-electron chi connectivity index (χ4n) is 3.07. The maximum atomic E-state index is 12.6. The first kappa shape index (κ1) is 18.9. The molecule has 2 saturated heterocycles. The smallest absolute Gasteiger partial charge is 0.317 e. The number of sulfonamides is 1. The molecular weight excluding hydrogens is 386 g/mol. The Bertz CT molecular complexity index is 710. The van der Waals surface area contributed by atoms with Crippen LogP contribution in [0, 0.1) is 0 Å². The van der Waals surface area contributed by atoms with Gasteiger partial charge in [0, 0.05) is 32.8 Å². The Morgan fingerprint density at radius 3 is 2.64 bits per heavy atom. The van der Waals surface area contributed by atoms with Crippen molar-refractivity contribution in [1.29, 1.82) is 0 Å². The Morgan fingerprint density at radius 2 is 2.08 bits per heavy atom. The molecule has 1 aromatic rings. The molecule has 2 amide bonds. The van der Waals surface area contributed by atoms with E-state index in [1.165, 1.54) is 10.4 Å². The first-order chi connectivity index (χ1) is 11.9. The Kier molecular flexibility index (Phi) is 5.89. The van der Waals surface area contributed by atoms with Crippen LogP contribution in [-0.2, 0) is 14.8 Å². The summed E-state index contributed by atoms with van der Waals surface area (Å²) in [6, 6.07) is 2.88. The molecule has 2 aliphatic heterocycles. The minimum absolute atomic E-state index is 0.0509. The van der Waals surface area contributed by atoms with E-state index in [0.717, 1.165) is 30.8 Å². The SMILES string of the molecule is CC(NC(=O)N1CCN(S(=O)(=O)c2ccc(Cl)s2)CC1)C1CCCO1. The zero-order valence-electron chi connectivity index (χ0n) is 14.0. The second-order valence-electron chi connectivity index (χ2n) is 6.24. The van der Waals surface area contributed by atoms with Crippen molar-refractivity contribution in [3.63, 3.8) is 0 Å². The van der Waals surface area contributed by atoms with Crippen LogP contribution >= 0.6 is 22.9 Å². The molecule has 0 aromatic carbocycles. The molecule has 0 aliphatic carbocycles. The van der Waals surface area contributed by atoms with Gasteiger partial charge in [0.25, 0.3) is 10.0 Å². The highest BCUT2D eigenvalue weighted by atomic mass is 35.5. The summed E-state index contributed by atoms with van der Waals surface area (Å²) in [6.07, 6.45) is 2.04. The van der Waals surface area contributed by atoms with Gasteiger partial charge in [0.05, 0.1) is 16.5 Å². The quantitative estimate of drug-likeness (QED) is 0.827. The number of carbonyl (C=O) groups excluding carboxylic acids is 1. The highest BCUT2D eigenvalue weighted by Gasteiger charge is 2.32. The summed E-state index contributed by atoms with van der Waals surface area (Å²) in [4.78, 5) is 14.0. The number of rotatable bonds is 4. The number of amides is 2. The van der Waals surface area contributed by atoms with Gasteiger partial charge in [-0.15, -0.1) is 11.3 Å². The van der Waals surface area contributed by atoms with Crippen LogP contribution in [-0.4, -0.2) is 68.6 Å². The lowest BCUT2D eigenvalue weighted by atomic mass is 10.1. The van der Waals surface area contributed by atoms with Gasteiger partial charge in [-0.1, -0.05) is 11.6 Å².